The first-order chi connectivity index (χ1) is 12.2. The maximum atomic E-state index is 12.1. The number of likely N-dealkylation sites (N-methyl/N-ethyl adjacent to an activating group) is 1. The average Bonchev–Trinajstić information content (AvgIpc) is 2.56. The fraction of sp³-hybridized carbons (Fsp3) is 0.278. The van der Waals surface area contributed by atoms with Crippen molar-refractivity contribution in [2.75, 3.05) is 31.2 Å². The van der Waals surface area contributed by atoms with E-state index in [1.807, 2.05) is 25.1 Å². The number of aryl methyl sites for hydroxylation is 1. The number of benzene rings is 2. The number of anilines is 1. The number of carbonyl (C=O) groups excluding carboxylic acids is 1. The highest BCUT2D eigenvalue weighted by molar-refractivity contribution is 9.10. The lowest BCUT2D eigenvalue weighted by atomic mass is 10.2. The molecule has 1 N–H and O–H groups in total. The van der Waals surface area contributed by atoms with E-state index in [4.69, 9.17) is 4.18 Å². The van der Waals surface area contributed by atoms with Gasteiger partial charge in [-0.15, -0.1) is 0 Å². The van der Waals surface area contributed by atoms with Crippen LogP contribution in [0.15, 0.2) is 53.0 Å². The Kier molecular flexibility index (Phi) is 7.19. The third-order valence-electron chi connectivity index (χ3n) is 3.57. The molecule has 1 amide bonds. The molecule has 6 nitrogen and oxygen atoms in total. The Bertz CT molecular complexity index is 857. The maximum absolute atomic E-state index is 12.1. The summed E-state index contributed by atoms with van der Waals surface area (Å²) >= 11 is 3.38. The highest BCUT2D eigenvalue weighted by Crippen LogP contribution is 2.20. The van der Waals surface area contributed by atoms with Gasteiger partial charge in [-0.05, 0) is 49.9 Å². The standard InChI is InChI=1S/C18H21BrN2O4S/c1-14-12-15(19)8-9-17(14)20-18(22)13-21(2)10-11-26(23,24)25-16-6-4-3-5-7-16/h3-9,12H,10-11,13H2,1-2H3,(H,20,22). The van der Waals surface area contributed by atoms with Crippen LogP contribution in [0, 0.1) is 6.92 Å². The smallest absolute Gasteiger partial charge is 0.310 e. The molecule has 2 aromatic rings. The molecule has 0 aliphatic heterocycles. The summed E-state index contributed by atoms with van der Waals surface area (Å²) < 4.78 is 30.0. The van der Waals surface area contributed by atoms with Gasteiger partial charge in [-0.3, -0.25) is 9.69 Å². The summed E-state index contributed by atoms with van der Waals surface area (Å²) in [5, 5.41) is 2.82. The predicted molar refractivity (Wildman–Crippen MR) is 106 cm³/mol. The number of amides is 1. The molecule has 140 valence electrons. The van der Waals surface area contributed by atoms with Crippen molar-refractivity contribution >= 4 is 37.6 Å². The molecule has 0 unspecified atom stereocenters. The third kappa shape index (κ3) is 6.78. The van der Waals surface area contributed by atoms with Crippen LogP contribution in [0.3, 0.4) is 0 Å². The van der Waals surface area contributed by atoms with Crippen LogP contribution in [0.5, 0.6) is 5.75 Å². The zero-order chi connectivity index (χ0) is 19.2. The first-order valence-corrected chi connectivity index (χ1v) is 10.3. The second kappa shape index (κ2) is 9.16. The van der Waals surface area contributed by atoms with E-state index in [0.29, 0.717) is 0 Å². The molecule has 26 heavy (non-hydrogen) atoms. The van der Waals surface area contributed by atoms with Crippen LogP contribution in [0.4, 0.5) is 5.69 Å². The van der Waals surface area contributed by atoms with Crippen molar-refractivity contribution in [2.24, 2.45) is 0 Å². The molecule has 0 heterocycles. The van der Waals surface area contributed by atoms with E-state index in [1.165, 1.54) is 0 Å². The minimum Gasteiger partial charge on any atom is -0.382 e. The van der Waals surface area contributed by atoms with Crippen LogP contribution in [-0.4, -0.2) is 45.1 Å². The van der Waals surface area contributed by atoms with Gasteiger partial charge in [-0.1, -0.05) is 34.1 Å². The highest BCUT2D eigenvalue weighted by Gasteiger charge is 2.16. The Labute approximate surface area is 162 Å². The molecule has 8 heteroatoms. The molecule has 0 bridgehead atoms. The molecule has 0 spiro atoms. The van der Waals surface area contributed by atoms with E-state index < -0.39 is 10.1 Å². The Morgan fingerprint density at radius 1 is 1.19 bits per heavy atom. The fourth-order valence-electron chi connectivity index (χ4n) is 2.21. The van der Waals surface area contributed by atoms with Crippen LogP contribution < -0.4 is 9.50 Å². The summed E-state index contributed by atoms with van der Waals surface area (Å²) in [5.74, 6) is -0.138. The summed E-state index contributed by atoms with van der Waals surface area (Å²) in [7, 11) is -2.03. The molecule has 2 rings (SSSR count). The van der Waals surface area contributed by atoms with Crippen molar-refractivity contribution in [1.29, 1.82) is 0 Å². The van der Waals surface area contributed by atoms with Crippen molar-refractivity contribution in [3.63, 3.8) is 0 Å². The summed E-state index contributed by atoms with van der Waals surface area (Å²) in [4.78, 5) is 13.8. The molecule has 0 saturated carbocycles. The number of hydrogen-bond acceptors (Lipinski definition) is 5. The van der Waals surface area contributed by atoms with Gasteiger partial charge in [0.25, 0.3) is 0 Å². The van der Waals surface area contributed by atoms with E-state index in [9.17, 15) is 13.2 Å². The molecule has 0 radical (unpaired) electrons. The number of halogens is 1. The zero-order valence-electron chi connectivity index (χ0n) is 14.6. The van der Waals surface area contributed by atoms with E-state index >= 15 is 0 Å². The fourth-order valence-corrected chi connectivity index (χ4v) is 3.71. The van der Waals surface area contributed by atoms with Gasteiger partial charge in [-0.2, -0.15) is 8.42 Å². The summed E-state index contributed by atoms with van der Waals surface area (Å²) in [6.07, 6.45) is 0. The van der Waals surface area contributed by atoms with E-state index in [-0.39, 0.29) is 30.5 Å². The predicted octanol–water partition coefficient (Wildman–Crippen LogP) is 3.04. The molecule has 2 aromatic carbocycles. The van der Waals surface area contributed by atoms with Crippen molar-refractivity contribution in [2.45, 2.75) is 6.92 Å². The van der Waals surface area contributed by atoms with E-state index in [1.54, 1.807) is 42.3 Å². The Morgan fingerprint density at radius 2 is 1.88 bits per heavy atom. The first kappa shape index (κ1) is 20.4. The molecule has 0 fully saturated rings. The quantitative estimate of drug-likeness (QED) is 0.638. The lowest BCUT2D eigenvalue weighted by Gasteiger charge is -2.17. The lowest BCUT2D eigenvalue weighted by molar-refractivity contribution is -0.117. The number of rotatable bonds is 8. The van der Waals surface area contributed by atoms with Gasteiger partial charge in [-0.25, -0.2) is 0 Å². The van der Waals surface area contributed by atoms with E-state index in [0.717, 1.165) is 15.7 Å². The lowest BCUT2D eigenvalue weighted by Crippen LogP contribution is -2.34. The van der Waals surface area contributed by atoms with E-state index in [2.05, 4.69) is 21.2 Å². The molecular formula is C18H21BrN2O4S. The van der Waals surface area contributed by atoms with Crippen LogP contribution in [0.2, 0.25) is 0 Å². The van der Waals surface area contributed by atoms with Crippen LogP contribution >= 0.6 is 15.9 Å². The van der Waals surface area contributed by atoms with Crippen LogP contribution in [0.1, 0.15) is 5.56 Å². The van der Waals surface area contributed by atoms with Crippen molar-refractivity contribution < 1.29 is 17.4 Å². The Hall–Kier alpha value is -1.90. The Morgan fingerprint density at radius 3 is 2.54 bits per heavy atom. The SMILES string of the molecule is Cc1cc(Br)ccc1NC(=O)CN(C)CCS(=O)(=O)Oc1ccccc1. The van der Waals surface area contributed by atoms with Gasteiger partial charge >= 0.3 is 10.1 Å². The van der Waals surface area contributed by atoms with Crippen molar-refractivity contribution in [3.05, 3.63) is 58.6 Å². The summed E-state index contributed by atoms with van der Waals surface area (Å²) in [6.45, 7) is 2.16. The minimum atomic E-state index is -3.71. The molecule has 0 aliphatic rings. The number of hydrogen-bond donors (Lipinski definition) is 1. The summed E-state index contributed by atoms with van der Waals surface area (Å²) in [5.41, 5.74) is 1.67. The van der Waals surface area contributed by atoms with Gasteiger partial charge in [0.2, 0.25) is 5.91 Å². The zero-order valence-corrected chi connectivity index (χ0v) is 17.0. The topological polar surface area (TPSA) is 75.7 Å². The average molecular weight is 441 g/mol. The second-order valence-corrected chi connectivity index (χ2v) is 8.51. The summed E-state index contributed by atoms with van der Waals surface area (Å²) in [6, 6.07) is 13.9. The molecule has 0 atom stereocenters. The number of nitrogens with zero attached hydrogens (tertiary/aromatic N) is 1. The van der Waals surface area contributed by atoms with Gasteiger partial charge in [0.1, 0.15) is 5.75 Å². The van der Waals surface area contributed by atoms with Crippen molar-refractivity contribution in [3.8, 4) is 5.75 Å². The van der Waals surface area contributed by atoms with Crippen molar-refractivity contribution in [1.82, 2.24) is 4.90 Å². The molecule has 0 saturated heterocycles. The van der Waals surface area contributed by atoms with Gasteiger partial charge in [0.05, 0.1) is 12.3 Å². The third-order valence-corrected chi connectivity index (χ3v) is 5.19. The number of carbonyl (C=O) groups is 1. The van der Waals surface area contributed by atoms with Gasteiger partial charge in [0, 0.05) is 16.7 Å². The number of nitrogens with one attached hydrogen (secondary N) is 1. The largest absolute Gasteiger partial charge is 0.382 e. The van der Waals surface area contributed by atoms with Gasteiger partial charge < -0.3 is 9.50 Å². The number of para-hydroxylation sites is 1. The Balaban J connectivity index is 1.82. The maximum Gasteiger partial charge on any atom is 0.310 e. The van der Waals surface area contributed by atoms with Crippen LogP contribution in [0.25, 0.3) is 0 Å². The molecule has 0 aliphatic carbocycles. The normalized spacial score (nSPS) is 11.4. The minimum absolute atomic E-state index is 0.0797. The highest BCUT2D eigenvalue weighted by atomic mass is 79.9. The molecular weight excluding hydrogens is 420 g/mol. The van der Waals surface area contributed by atoms with Gasteiger partial charge in [0.15, 0.2) is 0 Å². The first-order valence-electron chi connectivity index (χ1n) is 7.97. The monoisotopic (exact) mass is 440 g/mol. The second-order valence-electron chi connectivity index (χ2n) is 5.90. The van der Waals surface area contributed by atoms with Crippen LogP contribution in [-0.2, 0) is 14.9 Å². The molecule has 0 aromatic heterocycles.